The molecular formula is C18H19N3O. The lowest BCUT2D eigenvalue weighted by Gasteiger charge is -2.13. The van der Waals surface area contributed by atoms with Gasteiger partial charge in [-0.2, -0.15) is 0 Å². The van der Waals surface area contributed by atoms with Crippen LogP contribution in [0.5, 0.6) is 0 Å². The van der Waals surface area contributed by atoms with E-state index in [0.717, 1.165) is 27.9 Å². The van der Waals surface area contributed by atoms with Crippen molar-refractivity contribution in [3.8, 4) is 11.3 Å². The fourth-order valence-corrected chi connectivity index (χ4v) is 2.97. The van der Waals surface area contributed by atoms with E-state index >= 15 is 0 Å². The monoisotopic (exact) mass is 293 g/mol. The standard InChI is InChI=1S/C18H19N3O/c1-10-6-7-15-19-17(18(20-22)21(15)9-10)16-13(4)11(2)8-12(3)14(16)5/h6-9H,1-5H3. The first-order valence-electron chi connectivity index (χ1n) is 7.34. The van der Waals surface area contributed by atoms with Gasteiger partial charge in [0.1, 0.15) is 11.3 Å². The Morgan fingerprint density at radius 2 is 1.64 bits per heavy atom. The van der Waals surface area contributed by atoms with Crippen LogP contribution in [0.15, 0.2) is 29.6 Å². The average Bonchev–Trinajstić information content (AvgIpc) is 2.83. The number of hydrogen-bond donors (Lipinski definition) is 0. The van der Waals surface area contributed by atoms with E-state index in [2.05, 4.69) is 43.9 Å². The Labute approximate surface area is 129 Å². The van der Waals surface area contributed by atoms with Gasteiger partial charge in [0, 0.05) is 11.8 Å². The third-order valence-corrected chi connectivity index (χ3v) is 4.43. The van der Waals surface area contributed by atoms with Gasteiger partial charge >= 0.3 is 0 Å². The van der Waals surface area contributed by atoms with Crippen LogP contribution in [-0.4, -0.2) is 9.38 Å². The molecule has 2 heterocycles. The highest BCUT2D eigenvalue weighted by Gasteiger charge is 2.20. The largest absolute Gasteiger partial charge is 0.281 e. The summed E-state index contributed by atoms with van der Waals surface area (Å²) in [6.45, 7) is 10.3. The maximum atomic E-state index is 11.5. The number of hydrogen-bond acceptors (Lipinski definition) is 3. The van der Waals surface area contributed by atoms with Crippen LogP contribution in [0.3, 0.4) is 0 Å². The molecule has 0 aliphatic rings. The van der Waals surface area contributed by atoms with Crippen molar-refractivity contribution in [1.82, 2.24) is 9.38 Å². The third kappa shape index (κ3) is 2.03. The Kier molecular flexibility index (Phi) is 3.32. The normalized spacial score (nSPS) is 11.1. The topological polar surface area (TPSA) is 46.7 Å². The molecule has 0 saturated carbocycles. The van der Waals surface area contributed by atoms with Crippen LogP contribution < -0.4 is 0 Å². The van der Waals surface area contributed by atoms with Crippen LogP contribution in [-0.2, 0) is 0 Å². The number of aryl methyl sites for hydroxylation is 3. The van der Waals surface area contributed by atoms with Crippen molar-refractivity contribution in [2.75, 3.05) is 0 Å². The zero-order valence-corrected chi connectivity index (χ0v) is 13.6. The molecule has 0 fully saturated rings. The second-order valence-corrected chi connectivity index (χ2v) is 5.95. The van der Waals surface area contributed by atoms with Gasteiger partial charge in [-0.3, -0.25) is 4.40 Å². The number of nitrogens with zero attached hydrogens (tertiary/aromatic N) is 3. The molecule has 1 aromatic carbocycles. The predicted molar refractivity (Wildman–Crippen MR) is 89.8 cm³/mol. The van der Waals surface area contributed by atoms with Gasteiger partial charge in [-0.25, -0.2) is 4.98 Å². The zero-order chi connectivity index (χ0) is 16.0. The molecular weight excluding hydrogens is 274 g/mol. The van der Waals surface area contributed by atoms with Gasteiger partial charge in [-0.15, -0.1) is 4.91 Å². The molecule has 0 bridgehead atoms. The van der Waals surface area contributed by atoms with Gasteiger partial charge < -0.3 is 0 Å². The molecule has 0 spiro atoms. The highest BCUT2D eigenvalue weighted by molar-refractivity contribution is 5.80. The smallest absolute Gasteiger partial charge is 0.209 e. The SMILES string of the molecule is Cc1ccc2nc(-c3c(C)c(C)cc(C)c3C)c(N=O)n2c1. The van der Waals surface area contributed by atoms with Gasteiger partial charge in [0.2, 0.25) is 5.82 Å². The first-order chi connectivity index (χ1) is 10.4. The second kappa shape index (κ2) is 5.05. The van der Waals surface area contributed by atoms with Gasteiger partial charge in [0.15, 0.2) is 0 Å². The average molecular weight is 293 g/mol. The number of pyridine rings is 1. The Balaban J connectivity index is 2.43. The van der Waals surface area contributed by atoms with Crippen LogP contribution in [0.2, 0.25) is 0 Å². The molecule has 0 radical (unpaired) electrons. The summed E-state index contributed by atoms with van der Waals surface area (Å²) in [5.74, 6) is 0.370. The van der Waals surface area contributed by atoms with Gasteiger partial charge in [-0.1, -0.05) is 12.1 Å². The van der Waals surface area contributed by atoms with Crippen LogP contribution in [0.1, 0.15) is 27.8 Å². The summed E-state index contributed by atoms with van der Waals surface area (Å²) in [7, 11) is 0. The lowest BCUT2D eigenvalue weighted by atomic mass is 9.92. The summed E-state index contributed by atoms with van der Waals surface area (Å²) in [6, 6.07) is 6.07. The fourth-order valence-electron chi connectivity index (χ4n) is 2.97. The van der Waals surface area contributed by atoms with E-state index in [1.165, 1.54) is 11.1 Å². The highest BCUT2D eigenvalue weighted by Crippen LogP contribution is 2.37. The first-order valence-corrected chi connectivity index (χ1v) is 7.34. The molecule has 112 valence electrons. The molecule has 0 aliphatic heterocycles. The number of nitroso groups, excluding NO2 is 1. The van der Waals surface area contributed by atoms with E-state index in [4.69, 9.17) is 0 Å². The predicted octanol–water partition coefficient (Wildman–Crippen LogP) is 4.94. The molecule has 0 unspecified atom stereocenters. The Hall–Kier alpha value is -2.49. The van der Waals surface area contributed by atoms with Crippen molar-refractivity contribution in [2.24, 2.45) is 5.18 Å². The minimum atomic E-state index is 0.370. The number of benzene rings is 1. The first kappa shape index (κ1) is 14.4. The van der Waals surface area contributed by atoms with Crippen molar-refractivity contribution in [3.05, 3.63) is 57.1 Å². The fraction of sp³-hybridized carbons (Fsp3) is 0.278. The molecule has 0 N–H and O–H groups in total. The minimum Gasteiger partial charge on any atom is -0.281 e. The number of aromatic nitrogens is 2. The Bertz CT molecular complexity index is 880. The molecule has 0 aliphatic carbocycles. The van der Waals surface area contributed by atoms with Crippen LogP contribution in [0, 0.1) is 39.5 Å². The third-order valence-electron chi connectivity index (χ3n) is 4.43. The summed E-state index contributed by atoms with van der Waals surface area (Å²) in [5.41, 5.74) is 8.19. The molecule has 4 nitrogen and oxygen atoms in total. The van der Waals surface area contributed by atoms with Crippen LogP contribution in [0.4, 0.5) is 5.82 Å². The van der Waals surface area contributed by atoms with Crippen molar-refractivity contribution in [1.29, 1.82) is 0 Å². The maximum absolute atomic E-state index is 11.5. The molecule has 0 atom stereocenters. The molecule has 3 aromatic rings. The summed E-state index contributed by atoms with van der Waals surface area (Å²) in [5, 5.41) is 3.27. The Morgan fingerprint density at radius 1 is 1.00 bits per heavy atom. The van der Waals surface area contributed by atoms with E-state index in [1.807, 2.05) is 25.3 Å². The summed E-state index contributed by atoms with van der Waals surface area (Å²) >= 11 is 0. The van der Waals surface area contributed by atoms with Crippen molar-refractivity contribution in [2.45, 2.75) is 34.6 Å². The quantitative estimate of drug-likeness (QED) is 0.628. The van der Waals surface area contributed by atoms with Crippen molar-refractivity contribution >= 4 is 11.5 Å². The van der Waals surface area contributed by atoms with E-state index < -0.39 is 0 Å². The maximum Gasteiger partial charge on any atom is 0.209 e. The Morgan fingerprint density at radius 3 is 2.23 bits per heavy atom. The molecule has 3 rings (SSSR count). The van der Waals surface area contributed by atoms with E-state index in [9.17, 15) is 4.91 Å². The van der Waals surface area contributed by atoms with Crippen LogP contribution >= 0.6 is 0 Å². The highest BCUT2D eigenvalue weighted by atomic mass is 16.3. The summed E-state index contributed by atoms with van der Waals surface area (Å²) < 4.78 is 1.77. The van der Waals surface area contributed by atoms with Crippen molar-refractivity contribution < 1.29 is 0 Å². The second-order valence-electron chi connectivity index (χ2n) is 5.95. The molecule has 0 amide bonds. The molecule has 22 heavy (non-hydrogen) atoms. The van der Waals surface area contributed by atoms with Crippen LogP contribution in [0.25, 0.3) is 16.9 Å². The minimum absolute atomic E-state index is 0.370. The van der Waals surface area contributed by atoms with Crippen molar-refractivity contribution in [3.63, 3.8) is 0 Å². The number of rotatable bonds is 2. The number of fused-ring (bicyclic) bond motifs is 1. The number of imidazole rings is 1. The molecule has 0 saturated heterocycles. The molecule has 2 aromatic heterocycles. The lowest BCUT2D eigenvalue weighted by molar-refractivity contribution is 1.14. The van der Waals surface area contributed by atoms with Gasteiger partial charge in [0.25, 0.3) is 0 Å². The summed E-state index contributed by atoms with van der Waals surface area (Å²) in [4.78, 5) is 16.1. The van der Waals surface area contributed by atoms with E-state index in [1.54, 1.807) is 4.40 Å². The lowest BCUT2D eigenvalue weighted by Crippen LogP contribution is -1.95. The van der Waals surface area contributed by atoms with E-state index in [-0.39, 0.29) is 0 Å². The van der Waals surface area contributed by atoms with E-state index in [0.29, 0.717) is 11.5 Å². The van der Waals surface area contributed by atoms with Gasteiger partial charge in [-0.05, 0) is 73.7 Å². The zero-order valence-electron chi connectivity index (χ0n) is 13.6. The molecule has 4 heteroatoms. The van der Waals surface area contributed by atoms with Gasteiger partial charge in [0.05, 0.1) is 0 Å². The summed E-state index contributed by atoms with van der Waals surface area (Å²) in [6.07, 6.45) is 1.90.